The van der Waals surface area contributed by atoms with E-state index >= 15 is 0 Å². The summed E-state index contributed by atoms with van der Waals surface area (Å²) in [6, 6.07) is 3.43. The van der Waals surface area contributed by atoms with Crippen LogP contribution in [0.3, 0.4) is 0 Å². The van der Waals surface area contributed by atoms with E-state index < -0.39 is 0 Å². The van der Waals surface area contributed by atoms with Gasteiger partial charge in [0.1, 0.15) is 0 Å². The molecule has 15 heavy (non-hydrogen) atoms. The molecular formula is C10H8N2O2S. The van der Waals surface area contributed by atoms with Gasteiger partial charge in [-0.1, -0.05) is 0 Å². The van der Waals surface area contributed by atoms with Gasteiger partial charge in [0.25, 0.3) is 0 Å². The number of esters is 1. The van der Waals surface area contributed by atoms with Crippen molar-refractivity contribution in [1.29, 1.82) is 0 Å². The third-order valence-electron chi connectivity index (χ3n) is 1.88. The molecule has 0 amide bonds. The van der Waals surface area contributed by atoms with Crippen LogP contribution in [0.4, 0.5) is 0 Å². The Hall–Kier alpha value is -1.75. The summed E-state index contributed by atoms with van der Waals surface area (Å²) in [5.41, 5.74) is 3.75. The maximum Gasteiger partial charge on any atom is 0.339 e. The number of hydrogen-bond donors (Lipinski definition) is 0. The Morgan fingerprint density at radius 2 is 2.20 bits per heavy atom. The van der Waals surface area contributed by atoms with Gasteiger partial charge in [-0.3, -0.25) is 4.98 Å². The Morgan fingerprint density at radius 1 is 1.33 bits per heavy atom. The van der Waals surface area contributed by atoms with Gasteiger partial charge < -0.3 is 4.74 Å². The minimum absolute atomic E-state index is 0.382. The lowest BCUT2D eigenvalue weighted by Crippen LogP contribution is -2.01. The minimum Gasteiger partial charge on any atom is -0.465 e. The predicted octanol–water partition coefficient (Wildman–Crippen LogP) is 1.99. The first-order valence-corrected chi connectivity index (χ1v) is 5.18. The third-order valence-corrected chi connectivity index (χ3v) is 2.47. The van der Waals surface area contributed by atoms with Crippen LogP contribution in [0, 0.1) is 0 Å². The van der Waals surface area contributed by atoms with E-state index in [0.717, 1.165) is 11.4 Å². The fourth-order valence-electron chi connectivity index (χ4n) is 1.12. The molecule has 4 nitrogen and oxygen atoms in total. The summed E-state index contributed by atoms with van der Waals surface area (Å²) < 4.78 is 4.57. The average Bonchev–Trinajstić information content (AvgIpc) is 2.82. The van der Waals surface area contributed by atoms with Crippen molar-refractivity contribution in [3.05, 3.63) is 34.8 Å². The van der Waals surface area contributed by atoms with Crippen molar-refractivity contribution in [2.24, 2.45) is 0 Å². The molecule has 0 aliphatic carbocycles. The SMILES string of the molecule is COC(=O)c1ccc(-c2cscn2)nc1. The van der Waals surface area contributed by atoms with Gasteiger partial charge in [0.2, 0.25) is 0 Å². The molecule has 0 saturated carbocycles. The highest BCUT2D eigenvalue weighted by Gasteiger charge is 2.06. The normalized spacial score (nSPS) is 9.93. The fraction of sp³-hybridized carbons (Fsp3) is 0.100. The smallest absolute Gasteiger partial charge is 0.339 e. The van der Waals surface area contributed by atoms with Crippen LogP contribution in [0.1, 0.15) is 10.4 Å². The Bertz CT molecular complexity index is 451. The zero-order chi connectivity index (χ0) is 10.7. The van der Waals surface area contributed by atoms with Gasteiger partial charge in [0.05, 0.1) is 29.6 Å². The number of thiazole rings is 1. The Morgan fingerprint density at radius 3 is 2.73 bits per heavy atom. The van der Waals surface area contributed by atoms with E-state index in [1.807, 2.05) is 5.38 Å². The van der Waals surface area contributed by atoms with Crippen LogP contribution in [0.5, 0.6) is 0 Å². The van der Waals surface area contributed by atoms with Crippen LogP contribution < -0.4 is 0 Å². The van der Waals surface area contributed by atoms with Crippen molar-refractivity contribution < 1.29 is 9.53 Å². The number of nitrogens with zero attached hydrogens (tertiary/aromatic N) is 2. The lowest BCUT2D eigenvalue weighted by atomic mass is 10.2. The Kier molecular flexibility index (Phi) is 2.73. The van der Waals surface area contributed by atoms with Crippen molar-refractivity contribution in [1.82, 2.24) is 9.97 Å². The van der Waals surface area contributed by atoms with Crippen LogP contribution in [-0.2, 0) is 4.74 Å². The predicted molar refractivity (Wildman–Crippen MR) is 56.7 cm³/mol. The highest BCUT2D eigenvalue weighted by Crippen LogP contribution is 2.16. The van der Waals surface area contributed by atoms with Crippen molar-refractivity contribution in [2.75, 3.05) is 7.11 Å². The van der Waals surface area contributed by atoms with E-state index in [1.165, 1.54) is 24.6 Å². The maximum absolute atomic E-state index is 11.1. The fourth-order valence-corrected chi connectivity index (χ4v) is 1.67. The molecule has 2 aromatic rings. The van der Waals surface area contributed by atoms with Gasteiger partial charge in [-0.05, 0) is 12.1 Å². The van der Waals surface area contributed by atoms with E-state index in [9.17, 15) is 4.79 Å². The summed E-state index contributed by atoms with van der Waals surface area (Å²) in [5, 5.41) is 1.90. The van der Waals surface area contributed by atoms with Crippen LogP contribution in [-0.4, -0.2) is 23.0 Å². The average molecular weight is 220 g/mol. The Labute approximate surface area is 90.6 Å². The largest absolute Gasteiger partial charge is 0.465 e. The zero-order valence-electron chi connectivity index (χ0n) is 8.01. The standard InChI is InChI=1S/C10H8N2O2S/c1-14-10(13)7-2-3-8(11-4-7)9-5-15-6-12-9/h2-6H,1H3. The van der Waals surface area contributed by atoms with E-state index in [1.54, 1.807) is 17.6 Å². The molecule has 2 rings (SSSR count). The van der Waals surface area contributed by atoms with Gasteiger partial charge in [-0.25, -0.2) is 9.78 Å². The molecule has 76 valence electrons. The number of aromatic nitrogens is 2. The van der Waals surface area contributed by atoms with Crippen LogP contribution >= 0.6 is 11.3 Å². The second-order valence-electron chi connectivity index (χ2n) is 2.80. The number of pyridine rings is 1. The third kappa shape index (κ3) is 2.02. The summed E-state index contributed by atoms with van der Waals surface area (Å²) in [6.07, 6.45) is 1.49. The molecule has 2 aromatic heterocycles. The molecule has 0 N–H and O–H groups in total. The van der Waals surface area contributed by atoms with Gasteiger partial charge >= 0.3 is 5.97 Å². The van der Waals surface area contributed by atoms with Gasteiger partial charge in [-0.15, -0.1) is 11.3 Å². The summed E-state index contributed by atoms with van der Waals surface area (Å²) in [7, 11) is 1.34. The zero-order valence-corrected chi connectivity index (χ0v) is 8.82. The van der Waals surface area contributed by atoms with E-state index in [2.05, 4.69) is 14.7 Å². The molecule has 0 aromatic carbocycles. The summed E-state index contributed by atoms with van der Waals surface area (Å²) in [5.74, 6) is -0.382. The molecule has 2 heterocycles. The second kappa shape index (κ2) is 4.18. The molecule has 0 unspecified atom stereocenters. The molecule has 0 bridgehead atoms. The summed E-state index contributed by atoms with van der Waals surface area (Å²) >= 11 is 1.51. The van der Waals surface area contributed by atoms with Crippen molar-refractivity contribution in [2.45, 2.75) is 0 Å². The van der Waals surface area contributed by atoms with Crippen molar-refractivity contribution >= 4 is 17.3 Å². The van der Waals surface area contributed by atoms with Gasteiger partial charge in [0, 0.05) is 11.6 Å². The first kappa shape index (κ1) is 9.79. The molecule has 0 aliphatic heterocycles. The second-order valence-corrected chi connectivity index (χ2v) is 3.52. The first-order valence-electron chi connectivity index (χ1n) is 4.24. The summed E-state index contributed by atoms with van der Waals surface area (Å²) in [6.45, 7) is 0. The van der Waals surface area contributed by atoms with E-state index in [0.29, 0.717) is 5.56 Å². The highest BCUT2D eigenvalue weighted by molar-refractivity contribution is 7.07. The minimum atomic E-state index is -0.382. The number of carbonyl (C=O) groups excluding carboxylic acids is 1. The van der Waals surface area contributed by atoms with Crippen molar-refractivity contribution in [3.8, 4) is 11.4 Å². The number of hydrogen-bond acceptors (Lipinski definition) is 5. The lowest BCUT2D eigenvalue weighted by molar-refractivity contribution is 0.0600. The van der Waals surface area contributed by atoms with Crippen molar-refractivity contribution in [3.63, 3.8) is 0 Å². The van der Waals surface area contributed by atoms with Crippen LogP contribution in [0.2, 0.25) is 0 Å². The number of ether oxygens (including phenoxy) is 1. The molecule has 0 aliphatic rings. The maximum atomic E-state index is 11.1. The molecule has 0 atom stereocenters. The molecule has 0 saturated heterocycles. The molecule has 0 fully saturated rings. The number of carbonyl (C=O) groups is 1. The summed E-state index contributed by atoms with van der Waals surface area (Å²) in [4.78, 5) is 19.4. The number of methoxy groups -OCH3 is 1. The molecule has 0 radical (unpaired) electrons. The van der Waals surface area contributed by atoms with Crippen LogP contribution in [0.15, 0.2) is 29.2 Å². The molecular weight excluding hydrogens is 212 g/mol. The highest BCUT2D eigenvalue weighted by atomic mass is 32.1. The van der Waals surface area contributed by atoms with Gasteiger partial charge in [0.15, 0.2) is 0 Å². The lowest BCUT2D eigenvalue weighted by Gasteiger charge is -1.99. The topological polar surface area (TPSA) is 52.1 Å². The molecule has 5 heteroatoms. The quantitative estimate of drug-likeness (QED) is 0.726. The van der Waals surface area contributed by atoms with Gasteiger partial charge in [-0.2, -0.15) is 0 Å². The van der Waals surface area contributed by atoms with Crippen LogP contribution in [0.25, 0.3) is 11.4 Å². The monoisotopic (exact) mass is 220 g/mol. The first-order chi connectivity index (χ1) is 7.31. The Balaban J connectivity index is 2.29. The van der Waals surface area contributed by atoms with E-state index in [-0.39, 0.29) is 5.97 Å². The van der Waals surface area contributed by atoms with E-state index in [4.69, 9.17) is 0 Å². The number of rotatable bonds is 2. The molecule has 0 spiro atoms.